The third-order valence-corrected chi connectivity index (χ3v) is 3.78. The quantitative estimate of drug-likeness (QED) is 0.668. The Bertz CT molecular complexity index is 761. The SMILES string of the molecule is O=C1/C(=N\O)c2cc(Br)ccc2N1Cc1cccc(F)c1. The van der Waals surface area contributed by atoms with Crippen molar-refractivity contribution in [1.29, 1.82) is 0 Å². The summed E-state index contributed by atoms with van der Waals surface area (Å²) in [5.41, 5.74) is 1.84. The van der Waals surface area contributed by atoms with Gasteiger partial charge in [-0.3, -0.25) is 4.79 Å². The summed E-state index contributed by atoms with van der Waals surface area (Å²) in [7, 11) is 0. The molecule has 0 aliphatic carbocycles. The number of anilines is 1. The molecule has 0 radical (unpaired) electrons. The van der Waals surface area contributed by atoms with Crippen molar-refractivity contribution in [2.75, 3.05) is 4.90 Å². The maximum atomic E-state index is 13.3. The van der Waals surface area contributed by atoms with Crippen LogP contribution in [-0.4, -0.2) is 16.8 Å². The fourth-order valence-corrected chi connectivity index (χ4v) is 2.72. The molecule has 0 aromatic heterocycles. The minimum absolute atomic E-state index is 0.0114. The fourth-order valence-electron chi connectivity index (χ4n) is 2.36. The predicted molar refractivity (Wildman–Crippen MR) is 80.1 cm³/mol. The predicted octanol–water partition coefficient (Wildman–Crippen LogP) is 3.31. The minimum atomic E-state index is -0.408. The van der Waals surface area contributed by atoms with E-state index in [1.54, 1.807) is 30.3 Å². The van der Waals surface area contributed by atoms with E-state index in [4.69, 9.17) is 5.21 Å². The van der Waals surface area contributed by atoms with Crippen LogP contribution in [0, 0.1) is 5.82 Å². The van der Waals surface area contributed by atoms with E-state index in [0.717, 1.165) is 4.47 Å². The lowest BCUT2D eigenvalue weighted by Gasteiger charge is -2.17. The summed E-state index contributed by atoms with van der Waals surface area (Å²) in [6.07, 6.45) is 0. The molecule has 1 N–H and O–H groups in total. The van der Waals surface area contributed by atoms with Crippen molar-refractivity contribution >= 4 is 33.2 Å². The lowest BCUT2D eigenvalue weighted by atomic mass is 10.1. The molecule has 6 heteroatoms. The molecule has 0 spiro atoms. The van der Waals surface area contributed by atoms with Crippen LogP contribution in [0.1, 0.15) is 11.1 Å². The van der Waals surface area contributed by atoms with Gasteiger partial charge in [0.25, 0.3) is 5.91 Å². The topological polar surface area (TPSA) is 52.9 Å². The molecule has 1 heterocycles. The van der Waals surface area contributed by atoms with E-state index >= 15 is 0 Å². The van der Waals surface area contributed by atoms with Gasteiger partial charge in [0.05, 0.1) is 12.2 Å². The molecule has 0 unspecified atom stereocenters. The van der Waals surface area contributed by atoms with E-state index in [9.17, 15) is 9.18 Å². The monoisotopic (exact) mass is 348 g/mol. The maximum absolute atomic E-state index is 13.3. The van der Waals surface area contributed by atoms with Crippen LogP contribution in [0.5, 0.6) is 0 Å². The molecule has 1 amide bonds. The van der Waals surface area contributed by atoms with E-state index < -0.39 is 5.91 Å². The molecule has 0 bridgehead atoms. The van der Waals surface area contributed by atoms with Crippen molar-refractivity contribution in [1.82, 2.24) is 0 Å². The molecule has 0 saturated carbocycles. The molecule has 21 heavy (non-hydrogen) atoms. The minimum Gasteiger partial charge on any atom is -0.410 e. The number of hydrogen-bond donors (Lipinski definition) is 1. The van der Waals surface area contributed by atoms with Crippen LogP contribution in [0.4, 0.5) is 10.1 Å². The molecule has 1 aliphatic rings. The molecule has 2 aromatic carbocycles. The Morgan fingerprint density at radius 2 is 2.05 bits per heavy atom. The number of amides is 1. The number of carbonyl (C=O) groups is 1. The average Bonchev–Trinajstić information content (AvgIpc) is 2.70. The smallest absolute Gasteiger partial charge is 0.281 e. The standard InChI is InChI=1S/C15H10BrFN2O2/c16-10-4-5-13-12(7-10)14(18-21)15(20)19(13)8-9-2-1-3-11(17)6-9/h1-7,21H,8H2/b18-14-. The van der Waals surface area contributed by atoms with E-state index in [2.05, 4.69) is 21.1 Å². The van der Waals surface area contributed by atoms with E-state index in [1.807, 2.05) is 0 Å². The first-order valence-corrected chi connectivity index (χ1v) is 6.98. The van der Waals surface area contributed by atoms with Crippen molar-refractivity contribution in [2.45, 2.75) is 6.54 Å². The first kappa shape index (κ1) is 13.8. The number of rotatable bonds is 2. The number of hydrogen-bond acceptors (Lipinski definition) is 3. The van der Waals surface area contributed by atoms with Crippen molar-refractivity contribution in [3.63, 3.8) is 0 Å². The van der Waals surface area contributed by atoms with Gasteiger partial charge < -0.3 is 10.1 Å². The van der Waals surface area contributed by atoms with Crippen LogP contribution >= 0.6 is 15.9 Å². The molecular weight excluding hydrogens is 339 g/mol. The van der Waals surface area contributed by atoms with Crippen molar-refractivity contribution in [3.8, 4) is 0 Å². The third-order valence-electron chi connectivity index (χ3n) is 3.28. The largest absolute Gasteiger partial charge is 0.410 e. The van der Waals surface area contributed by atoms with Gasteiger partial charge in [-0.25, -0.2) is 4.39 Å². The fraction of sp³-hybridized carbons (Fsp3) is 0.0667. The van der Waals surface area contributed by atoms with Gasteiger partial charge in [0.2, 0.25) is 0 Å². The second-order valence-electron chi connectivity index (χ2n) is 4.63. The van der Waals surface area contributed by atoms with Crippen molar-refractivity contribution in [3.05, 3.63) is 63.9 Å². The highest BCUT2D eigenvalue weighted by molar-refractivity contribution is 9.10. The van der Waals surface area contributed by atoms with Crippen LogP contribution in [-0.2, 0) is 11.3 Å². The van der Waals surface area contributed by atoms with Crippen LogP contribution in [0.3, 0.4) is 0 Å². The molecule has 4 nitrogen and oxygen atoms in total. The Morgan fingerprint density at radius 1 is 1.24 bits per heavy atom. The average molecular weight is 349 g/mol. The summed E-state index contributed by atoms with van der Waals surface area (Å²) in [6, 6.07) is 11.3. The molecule has 1 aliphatic heterocycles. The van der Waals surface area contributed by atoms with E-state index in [1.165, 1.54) is 17.0 Å². The zero-order valence-electron chi connectivity index (χ0n) is 10.8. The van der Waals surface area contributed by atoms with Crippen molar-refractivity contribution in [2.24, 2.45) is 5.16 Å². The van der Waals surface area contributed by atoms with E-state index in [-0.39, 0.29) is 18.1 Å². The van der Waals surface area contributed by atoms with Gasteiger partial charge in [-0.15, -0.1) is 0 Å². The highest BCUT2D eigenvalue weighted by atomic mass is 79.9. The van der Waals surface area contributed by atoms with Gasteiger partial charge in [-0.2, -0.15) is 0 Å². The Morgan fingerprint density at radius 3 is 2.76 bits per heavy atom. The number of nitrogens with zero attached hydrogens (tertiary/aromatic N) is 2. The lowest BCUT2D eigenvalue weighted by Crippen LogP contribution is -2.29. The van der Waals surface area contributed by atoms with Crippen LogP contribution in [0.25, 0.3) is 0 Å². The summed E-state index contributed by atoms with van der Waals surface area (Å²) in [5, 5.41) is 12.2. The number of oxime groups is 1. The van der Waals surface area contributed by atoms with Gasteiger partial charge in [-0.1, -0.05) is 33.2 Å². The summed E-state index contributed by atoms with van der Waals surface area (Å²) >= 11 is 3.32. The molecule has 3 rings (SSSR count). The number of benzene rings is 2. The Hall–Kier alpha value is -2.21. The second-order valence-corrected chi connectivity index (χ2v) is 5.55. The number of fused-ring (bicyclic) bond motifs is 1. The normalized spacial score (nSPS) is 15.6. The third kappa shape index (κ3) is 2.42. The summed E-state index contributed by atoms with van der Waals surface area (Å²) in [4.78, 5) is 13.8. The zero-order valence-corrected chi connectivity index (χ0v) is 12.3. The Labute approximate surface area is 128 Å². The van der Waals surface area contributed by atoms with Gasteiger partial charge in [-0.05, 0) is 35.9 Å². The molecule has 0 fully saturated rings. The Balaban J connectivity index is 2.02. The second kappa shape index (κ2) is 5.29. The molecular formula is C15H10BrFN2O2. The summed E-state index contributed by atoms with van der Waals surface area (Å²) in [6.45, 7) is 0.213. The van der Waals surface area contributed by atoms with E-state index in [0.29, 0.717) is 16.8 Å². The van der Waals surface area contributed by atoms with Crippen LogP contribution in [0.15, 0.2) is 52.1 Å². The lowest BCUT2D eigenvalue weighted by molar-refractivity contribution is -0.112. The number of carbonyl (C=O) groups excluding carboxylic acids is 1. The number of halogens is 2. The summed E-state index contributed by atoms with van der Waals surface area (Å²) < 4.78 is 14.0. The van der Waals surface area contributed by atoms with Crippen molar-refractivity contribution < 1.29 is 14.4 Å². The Kier molecular flexibility index (Phi) is 3.47. The molecule has 106 valence electrons. The van der Waals surface area contributed by atoms with Gasteiger partial charge in [0, 0.05) is 10.0 Å². The first-order chi connectivity index (χ1) is 10.1. The van der Waals surface area contributed by atoms with Gasteiger partial charge in [0.15, 0.2) is 5.71 Å². The summed E-state index contributed by atoms with van der Waals surface area (Å²) in [5.74, 6) is -0.763. The van der Waals surface area contributed by atoms with Gasteiger partial charge in [0.1, 0.15) is 5.82 Å². The maximum Gasteiger partial charge on any atom is 0.281 e. The van der Waals surface area contributed by atoms with Crippen LogP contribution in [0.2, 0.25) is 0 Å². The van der Waals surface area contributed by atoms with Crippen LogP contribution < -0.4 is 4.90 Å². The molecule has 2 aromatic rings. The highest BCUT2D eigenvalue weighted by Crippen LogP contribution is 2.33. The first-order valence-electron chi connectivity index (χ1n) is 6.18. The zero-order chi connectivity index (χ0) is 15.0. The van der Waals surface area contributed by atoms with Gasteiger partial charge >= 0.3 is 0 Å². The molecule has 0 saturated heterocycles. The molecule has 0 atom stereocenters. The highest BCUT2D eigenvalue weighted by Gasteiger charge is 2.34.